The van der Waals surface area contributed by atoms with Crippen molar-refractivity contribution in [2.75, 3.05) is 27.8 Å². The molecule has 0 bridgehead atoms. The van der Waals surface area contributed by atoms with Crippen LogP contribution in [0.4, 0.5) is 0 Å². The van der Waals surface area contributed by atoms with Gasteiger partial charge >= 0.3 is 0 Å². The Morgan fingerprint density at radius 1 is 1.20 bits per heavy atom. The number of hydrogen-bond acceptors (Lipinski definition) is 3. The van der Waals surface area contributed by atoms with Gasteiger partial charge in [0.2, 0.25) is 0 Å². The average Bonchev–Trinajstić information content (AvgIpc) is 2.45. The van der Waals surface area contributed by atoms with Crippen LogP contribution in [0, 0.1) is 0 Å². The summed E-state index contributed by atoms with van der Waals surface area (Å²) in [7, 11) is 5.06. The van der Waals surface area contributed by atoms with Crippen molar-refractivity contribution in [3.63, 3.8) is 0 Å². The Morgan fingerprint density at radius 2 is 1.90 bits per heavy atom. The van der Waals surface area contributed by atoms with Crippen LogP contribution in [-0.2, 0) is 6.42 Å². The predicted octanol–water partition coefficient (Wildman–Crippen LogP) is 1.82. The van der Waals surface area contributed by atoms with Crippen LogP contribution in [0.3, 0.4) is 0 Å². The summed E-state index contributed by atoms with van der Waals surface area (Å²) < 4.78 is 10.5. The Balaban J connectivity index is 2.53. The number of guanidine groups is 1. The van der Waals surface area contributed by atoms with Crippen molar-refractivity contribution in [3.05, 3.63) is 23.8 Å². The highest BCUT2D eigenvalue weighted by Crippen LogP contribution is 2.27. The molecule has 1 rings (SSSR count). The molecule has 0 amide bonds. The van der Waals surface area contributed by atoms with Gasteiger partial charge in [0.25, 0.3) is 0 Å². The van der Waals surface area contributed by atoms with Gasteiger partial charge in [-0.1, -0.05) is 6.07 Å². The number of nitrogens with zero attached hydrogens (tertiary/aromatic N) is 1. The Hall–Kier alpha value is -1.91. The van der Waals surface area contributed by atoms with Crippen LogP contribution >= 0.6 is 0 Å². The van der Waals surface area contributed by atoms with Crippen LogP contribution in [0.1, 0.15) is 19.4 Å². The number of benzene rings is 1. The Bertz CT molecular complexity index is 445. The third-order valence-electron chi connectivity index (χ3n) is 2.80. The fourth-order valence-corrected chi connectivity index (χ4v) is 1.83. The van der Waals surface area contributed by atoms with E-state index in [-0.39, 0.29) is 0 Å². The van der Waals surface area contributed by atoms with Gasteiger partial charge < -0.3 is 20.1 Å². The van der Waals surface area contributed by atoms with Crippen molar-refractivity contribution in [1.82, 2.24) is 10.6 Å². The molecule has 0 aliphatic rings. The second kappa shape index (κ2) is 8.30. The Kier molecular flexibility index (Phi) is 6.70. The first-order valence-electron chi connectivity index (χ1n) is 6.78. The van der Waals surface area contributed by atoms with Gasteiger partial charge in [-0.05, 0) is 38.0 Å². The summed E-state index contributed by atoms with van der Waals surface area (Å²) in [6.07, 6.45) is 0.888. The number of aliphatic imine (C=N–C) groups is 1. The van der Waals surface area contributed by atoms with Crippen LogP contribution in [0.2, 0.25) is 0 Å². The molecule has 0 aromatic heterocycles. The number of nitrogens with one attached hydrogen (secondary N) is 2. The molecule has 0 saturated carbocycles. The maximum absolute atomic E-state index is 5.30. The minimum atomic E-state index is 0.363. The smallest absolute Gasteiger partial charge is 0.191 e. The molecule has 5 nitrogen and oxygen atoms in total. The molecule has 0 saturated heterocycles. The van der Waals surface area contributed by atoms with Gasteiger partial charge in [0.1, 0.15) is 0 Å². The molecular formula is C15H25N3O2. The quantitative estimate of drug-likeness (QED) is 0.616. The van der Waals surface area contributed by atoms with E-state index in [0.717, 1.165) is 30.4 Å². The van der Waals surface area contributed by atoms with E-state index in [0.29, 0.717) is 6.04 Å². The summed E-state index contributed by atoms with van der Waals surface area (Å²) in [6.45, 7) is 4.98. The predicted molar refractivity (Wildman–Crippen MR) is 82.9 cm³/mol. The van der Waals surface area contributed by atoms with Crippen LogP contribution in [0.25, 0.3) is 0 Å². The molecule has 0 heterocycles. The van der Waals surface area contributed by atoms with Crippen molar-refractivity contribution in [3.8, 4) is 11.5 Å². The summed E-state index contributed by atoms with van der Waals surface area (Å²) in [6, 6.07) is 6.33. The fourth-order valence-electron chi connectivity index (χ4n) is 1.83. The van der Waals surface area contributed by atoms with Crippen molar-refractivity contribution in [2.24, 2.45) is 4.99 Å². The zero-order chi connectivity index (χ0) is 15.0. The molecule has 1 aromatic carbocycles. The van der Waals surface area contributed by atoms with E-state index in [4.69, 9.17) is 9.47 Å². The molecule has 0 aliphatic heterocycles. The third kappa shape index (κ3) is 4.99. The fraction of sp³-hybridized carbons (Fsp3) is 0.533. The summed E-state index contributed by atoms with van der Waals surface area (Å²) in [5.41, 5.74) is 1.19. The maximum atomic E-state index is 5.30. The lowest BCUT2D eigenvalue weighted by atomic mass is 10.1. The van der Waals surface area contributed by atoms with Crippen LogP contribution < -0.4 is 20.1 Å². The first-order chi connectivity index (χ1) is 9.60. The minimum Gasteiger partial charge on any atom is -0.493 e. The highest BCUT2D eigenvalue weighted by molar-refractivity contribution is 5.79. The lowest BCUT2D eigenvalue weighted by Crippen LogP contribution is -2.41. The van der Waals surface area contributed by atoms with Crippen molar-refractivity contribution in [2.45, 2.75) is 26.3 Å². The van der Waals surface area contributed by atoms with Gasteiger partial charge in [0.05, 0.1) is 14.2 Å². The van der Waals surface area contributed by atoms with Crippen LogP contribution in [-0.4, -0.2) is 39.8 Å². The highest BCUT2D eigenvalue weighted by Gasteiger charge is 2.05. The lowest BCUT2D eigenvalue weighted by molar-refractivity contribution is 0.354. The summed E-state index contributed by atoms with van der Waals surface area (Å²) >= 11 is 0. The molecule has 2 N–H and O–H groups in total. The molecule has 1 aromatic rings. The van der Waals surface area contributed by atoms with Crippen LogP contribution in [0.5, 0.6) is 11.5 Å². The highest BCUT2D eigenvalue weighted by atomic mass is 16.5. The SMILES string of the molecule is CN=C(NCCc1ccc(OC)c(OC)c1)NC(C)C. The van der Waals surface area contributed by atoms with Gasteiger partial charge in [-0.25, -0.2) is 0 Å². The molecule has 112 valence electrons. The number of methoxy groups -OCH3 is 2. The van der Waals surface area contributed by atoms with E-state index >= 15 is 0 Å². The Morgan fingerprint density at radius 3 is 2.45 bits per heavy atom. The summed E-state index contributed by atoms with van der Waals surface area (Å²) in [4.78, 5) is 4.17. The first kappa shape index (κ1) is 16.1. The minimum absolute atomic E-state index is 0.363. The molecule has 5 heteroatoms. The van der Waals surface area contributed by atoms with E-state index in [1.54, 1.807) is 21.3 Å². The van der Waals surface area contributed by atoms with Crippen LogP contribution in [0.15, 0.2) is 23.2 Å². The summed E-state index contributed by atoms with van der Waals surface area (Å²) in [5, 5.41) is 6.53. The first-order valence-corrected chi connectivity index (χ1v) is 6.78. The van der Waals surface area contributed by atoms with Gasteiger partial charge in [-0.2, -0.15) is 0 Å². The second-order valence-corrected chi connectivity index (χ2v) is 4.74. The number of ether oxygens (including phenoxy) is 2. The zero-order valence-corrected chi connectivity index (χ0v) is 13.0. The monoisotopic (exact) mass is 279 g/mol. The molecular weight excluding hydrogens is 254 g/mol. The van der Waals surface area contributed by atoms with Gasteiger partial charge in [-0.3, -0.25) is 4.99 Å². The van der Waals surface area contributed by atoms with E-state index in [1.807, 2.05) is 18.2 Å². The third-order valence-corrected chi connectivity index (χ3v) is 2.80. The standard InChI is InChI=1S/C15H25N3O2/c1-11(2)18-15(16-3)17-9-8-12-6-7-13(19-4)14(10-12)20-5/h6-7,10-11H,8-9H2,1-5H3,(H2,16,17,18). The number of hydrogen-bond donors (Lipinski definition) is 2. The van der Waals surface area contributed by atoms with Gasteiger partial charge in [0, 0.05) is 19.6 Å². The molecule has 0 aliphatic carbocycles. The van der Waals surface area contributed by atoms with E-state index < -0.39 is 0 Å². The van der Waals surface area contributed by atoms with E-state index in [1.165, 1.54) is 5.56 Å². The molecule has 0 atom stereocenters. The normalized spacial score (nSPS) is 11.4. The van der Waals surface area contributed by atoms with Gasteiger partial charge in [0.15, 0.2) is 17.5 Å². The summed E-state index contributed by atoms with van der Waals surface area (Å²) in [5.74, 6) is 2.33. The molecule has 0 spiro atoms. The zero-order valence-electron chi connectivity index (χ0n) is 13.0. The molecule has 0 radical (unpaired) electrons. The lowest BCUT2D eigenvalue weighted by Gasteiger charge is -2.14. The Labute approximate surface area is 121 Å². The van der Waals surface area contributed by atoms with Crippen molar-refractivity contribution < 1.29 is 9.47 Å². The average molecular weight is 279 g/mol. The van der Waals surface area contributed by atoms with Crippen molar-refractivity contribution >= 4 is 5.96 Å². The van der Waals surface area contributed by atoms with Crippen molar-refractivity contribution in [1.29, 1.82) is 0 Å². The molecule has 0 unspecified atom stereocenters. The van der Waals surface area contributed by atoms with Gasteiger partial charge in [-0.15, -0.1) is 0 Å². The molecule has 0 fully saturated rings. The maximum Gasteiger partial charge on any atom is 0.191 e. The number of rotatable bonds is 6. The molecule has 20 heavy (non-hydrogen) atoms. The largest absolute Gasteiger partial charge is 0.493 e. The van der Waals surface area contributed by atoms with E-state index in [9.17, 15) is 0 Å². The topological polar surface area (TPSA) is 54.9 Å². The van der Waals surface area contributed by atoms with E-state index in [2.05, 4.69) is 29.5 Å². The second-order valence-electron chi connectivity index (χ2n) is 4.74.